The van der Waals surface area contributed by atoms with E-state index in [0.717, 1.165) is 11.4 Å². The molecule has 0 aliphatic heterocycles. The molecule has 1 aromatic heterocycles. The van der Waals surface area contributed by atoms with Gasteiger partial charge in [-0.3, -0.25) is 0 Å². The summed E-state index contributed by atoms with van der Waals surface area (Å²) < 4.78 is 5.19. The minimum Gasteiger partial charge on any atom is -0.497 e. The second-order valence-electron chi connectivity index (χ2n) is 3.97. The minimum atomic E-state index is -0.0946. The topological polar surface area (TPSA) is 96.9 Å². The lowest BCUT2D eigenvalue weighted by Gasteiger charge is -2.20. The van der Waals surface area contributed by atoms with Crippen LogP contribution < -0.4 is 15.4 Å². The number of methoxy groups -OCH3 is 1. The molecule has 0 saturated carbocycles. The normalized spacial score (nSPS) is 11.2. The van der Waals surface area contributed by atoms with Crippen molar-refractivity contribution in [3.05, 3.63) is 42.4 Å². The van der Waals surface area contributed by atoms with Crippen LogP contribution in [0.1, 0.15) is 5.69 Å². The molecule has 0 fully saturated rings. The smallest absolute Gasteiger partial charge is 0.192 e. The van der Waals surface area contributed by atoms with Crippen LogP contribution in [0.2, 0.25) is 0 Å². The number of nitrogens with two attached hydrogens (primary N) is 1. The van der Waals surface area contributed by atoms with Crippen molar-refractivity contribution >= 4 is 17.3 Å². The number of hydrogen-bond donors (Lipinski definition) is 2. The zero-order valence-corrected chi connectivity index (χ0v) is 11.2. The Morgan fingerprint density at radius 2 is 2.10 bits per heavy atom. The number of rotatable bonds is 4. The molecule has 7 nitrogen and oxygen atoms in total. The maximum atomic E-state index is 8.80. The molecule has 0 unspecified atom stereocenters. The van der Waals surface area contributed by atoms with E-state index in [1.165, 1.54) is 6.20 Å². The monoisotopic (exact) mass is 273 g/mol. The molecule has 0 atom stereocenters. The molecule has 104 valence electrons. The molecule has 7 heteroatoms. The Hall–Kier alpha value is -2.83. The Bertz CT molecular complexity index is 630. The first-order chi connectivity index (χ1) is 9.67. The Labute approximate surface area is 116 Å². The van der Waals surface area contributed by atoms with Crippen LogP contribution in [-0.2, 0) is 0 Å². The van der Waals surface area contributed by atoms with Crippen molar-refractivity contribution in [3.63, 3.8) is 0 Å². The Morgan fingerprint density at radius 3 is 2.80 bits per heavy atom. The van der Waals surface area contributed by atoms with Crippen molar-refractivity contribution < 1.29 is 9.94 Å². The molecular weight excluding hydrogens is 258 g/mol. The highest BCUT2D eigenvalue weighted by atomic mass is 16.5. The van der Waals surface area contributed by atoms with E-state index in [0.29, 0.717) is 11.5 Å². The average molecular weight is 273 g/mol. The maximum absolute atomic E-state index is 8.80. The molecule has 1 heterocycles. The molecule has 0 radical (unpaired) electrons. The van der Waals surface area contributed by atoms with Crippen LogP contribution in [0.15, 0.2) is 41.8 Å². The van der Waals surface area contributed by atoms with Crippen LogP contribution in [-0.4, -0.2) is 35.2 Å². The van der Waals surface area contributed by atoms with E-state index < -0.39 is 0 Å². The van der Waals surface area contributed by atoms with Crippen LogP contribution in [0.4, 0.5) is 11.5 Å². The van der Waals surface area contributed by atoms with Gasteiger partial charge in [-0.05, 0) is 12.1 Å². The number of nitrogens with zero attached hydrogens (tertiary/aromatic N) is 4. The first-order valence-corrected chi connectivity index (χ1v) is 5.84. The van der Waals surface area contributed by atoms with Gasteiger partial charge in [0.1, 0.15) is 5.75 Å². The predicted molar refractivity (Wildman–Crippen MR) is 75.6 cm³/mol. The number of hydrogen-bond acceptors (Lipinski definition) is 6. The lowest BCUT2D eigenvalue weighted by Crippen LogP contribution is -2.22. The molecule has 0 aliphatic rings. The average Bonchev–Trinajstić information content (AvgIpc) is 2.53. The third kappa shape index (κ3) is 2.61. The number of benzene rings is 1. The van der Waals surface area contributed by atoms with E-state index >= 15 is 0 Å². The van der Waals surface area contributed by atoms with Crippen LogP contribution in [0.3, 0.4) is 0 Å². The van der Waals surface area contributed by atoms with Crippen LogP contribution in [0.5, 0.6) is 5.75 Å². The number of aromatic nitrogens is 2. The maximum Gasteiger partial charge on any atom is 0.192 e. The fourth-order valence-electron chi connectivity index (χ4n) is 1.75. The van der Waals surface area contributed by atoms with E-state index in [1.807, 2.05) is 31.3 Å². The highest BCUT2D eigenvalue weighted by Gasteiger charge is 2.15. The first-order valence-electron chi connectivity index (χ1n) is 5.84. The highest BCUT2D eigenvalue weighted by molar-refractivity contribution is 6.00. The Balaban J connectivity index is 2.45. The summed E-state index contributed by atoms with van der Waals surface area (Å²) in [5.74, 6) is 1.11. The summed E-state index contributed by atoms with van der Waals surface area (Å²) in [6, 6.07) is 7.46. The van der Waals surface area contributed by atoms with Gasteiger partial charge in [-0.1, -0.05) is 11.2 Å². The fraction of sp³-hybridized carbons (Fsp3) is 0.154. The van der Waals surface area contributed by atoms with Gasteiger partial charge in [-0.15, -0.1) is 0 Å². The third-order valence-electron chi connectivity index (χ3n) is 2.79. The SMILES string of the molecule is COc1cccc(N(C)c2nccnc2C(N)=NO)c1. The summed E-state index contributed by atoms with van der Waals surface area (Å²) in [6.07, 6.45) is 3.02. The number of anilines is 2. The van der Waals surface area contributed by atoms with Gasteiger partial charge in [-0.25, -0.2) is 9.97 Å². The van der Waals surface area contributed by atoms with Crippen molar-refractivity contribution in [1.82, 2.24) is 9.97 Å². The molecule has 0 aliphatic carbocycles. The Morgan fingerprint density at radius 1 is 1.35 bits per heavy atom. The van der Waals surface area contributed by atoms with E-state index in [4.69, 9.17) is 15.7 Å². The molecule has 3 N–H and O–H groups in total. The molecule has 1 aromatic carbocycles. The minimum absolute atomic E-state index is 0.0946. The summed E-state index contributed by atoms with van der Waals surface area (Å²) >= 11 is 0. The molecule has 0 spiro atoms. The van der Waals surface area contributed by atoms with Crippen molar-refractivity contribution in [2.45, 2.75) is 0 Å². The molecule has 0 saturated heterocycles. The van der Waals surface area contributed by atoms with E-state index in [2.05, 4.69) is 15.1 Å². The van der Waals surface area contributed by atoms with Gasteiger partial charge in [0.15, 0.2) is 17.3 Å². The number of amidine groups is 1. The summed E-state index contributed by atoms with van der Waals surface area (Å²) in [6.45, 7) is 0. The molecule has 0 amide bonds. The van der Waals surface area contributed by atoms with Gasteiger partial charge >= 0.3 is 0 Å². The van der Waals surface area contributed by atoms with E-state index in [9.17, 15) is 0 Å². The zero-order chi connectivity index (χ0) is 14.5. The number of ether oxygens (including phenoxy) is 1. The van der Waals surface area contributed by atoms with Crippen LogP contribution in [0.25, 0.3) is 0 Å². The van der Waals surface area contributed by atoms with E-state index in [1.54, 1.807) is 18.2 Å². The van der Waals surface area contributed by atoms with Crippen LogP contribution in [0, 0.1) is 0 Å². The van der Waals surface area contributed by atoms with Crippen LogP contribution >= 0.6 is 0 Å². The molecule has 2 aromatic rings. The summed E-state index contributed by atoms with van der Waals surface area (Å²) in [7, 11) is 3.41. The zero-order valence-electron chi connectivity index (χ0n) is 11.2. The van der Waals surface area contributed by atoms with Crippen molar-refractivity contribution in [2.75, 3.05) is 19.1 Å². The molecular formula is C13H15N5O2. The summed E-state index contributed by atoms with van der Waals surface area (Å²) in [4.78, 5) is 10.1. The van der Waals surface area contributed by atoms with E-state index in [-0.39, 0.29) is 5.84 Å². The number of oxime groups is 1. The van der Waals surface area contributed by atoms with Gasteiger partial charge in [0.05, 0.1) is 7.11 Å². The fourth-order valence-corrected chi connectivity index (χ4v) is 1.75. The van der Waals surface area contributed by atoms with Crippen molar-refractivity contribution in [1.29, 1.82) is 0 Å². The quantitative estimate of drug-likeness (QED) is 0.378. The van der Waals surface area contributed by atoms with Crippen molar-refractivity contribution in [2.24, 2.45) is 10.9 Å². The lowest BCUT2D eigenvalue weighted by molar-refractivity contribution is 0.318. The van der Waals surface area contributed by atoms with Gasteiger partial charge in [0, 0.05) is 31.2 Å². The first kappa shape index (κ1) is 13.6. The standard InChI is InChI=1S/C13H15N5O2/c1-18(9-4-3-5-10(8-9)20-2)13-11(12(14)17-19)15-6-7-16-13/h3-8,19H,1-2H3,(H2,14,17). The highest BCUT2D eigenvalue weighted by Crippen LogP contribution is 2.26. The largest absolute Gasteiger partial charge is 0.497 e. The lowest BCUT2D eigenvalue weighted by atomic mass is 10.2. The predicted octanol–water partition coefficient (Wildman–Crippen LogP) is 1.35. The van der Waals surface area contributed by atoms with Gasteiger partial charge in [-0.2, -0.15) is 0 Å². The molecule has 20 heavy (non-hydrogen) atoms. The molecule has 2 rings (SSSR count). The Kier molecular flexibility index (Phi) is 3.99. The summed E-state index contributed by atoms with van der Waals surface area (Å²) in [5, 5.41) is 11.8. The van der Waals surface area contributed by atoms with Gasteiger partial charge in [0.2, 0.25) is 0 Å². The van der Waals surface area contributed by atoms with Gasteiger partial charge < -0.3 is 20.6 Å². The third-order valence-corrected chi connectivity index (χ3v) is 2.79. The summed E-state index contributed by atoms with van der Waals surface area (Å²) in [5.41, 5.74) is 6.76. The second kappa shape index (κ2) is 5.87. The van der Waals surface area contributed by atoms with Crippen molar-refractivity contribution in [3.8, 4) is 5.75 Å². The second-order valence-corrected chi connectivity index (χ2v) is 3.97. The van der Waals surface area contributed by atoms with Gasteiger partial charge in [0.25, 0.3) is 0 Å². The molecule has 0 bridgehead atoms.